The summed E-state index contributed by atoms with van der Waals surface area (Å²) < 4.78 is 17.6. The molecule has 0 saturated carbocycles. The Labute approximate surface area is 310 Å². The van der Waals surface area contributed by atoms with Gasteiger partial charge in [0.15, 0.2) is 0 Å². The highest BCUT2D eigenvalue weighted by Crippen LogP contribution is 2.11. The number of hydrogen-bond donors (Lipinski definition) is 1. The Hall–Kier alpha value is -1.89. The van der Waals surface area contributed by atoms with Crippen molar-refractivity contribution in [3.05, 3.63) is 48.6 Å². The monoisotopic (exact) mass is 703 g/mol. The summed E-state index contributed by atoms with van der Waals surface area (Å²) in [6, 6.07) is 0. The second kappa shape index (κ2) is 41.5. The first-order valence-electron chi connectivity index (χ1n) is 20.9. The average Bonchev–Trinajstić information content (AvgIpc) is 3.10. The molecular formula is C44H82N2O4. The van der Waals surface area contributed by atoms with E-state index in [0.29, 0.717) is 19.8 Å². The van der Waals surface area contributed by atoms with Crippen LogP contribution in [0.4, 0.5) is 4.79 Å². The zero-order valence-corrected chi connectivity index (χ0v) is 33.5. The number of nitrogens with zero attached hydrogens (tertiary/aromatic N) is 1. The van der Waals surface area contributed by atoms with Gasteiger partial charge in [-0.1, -0.05) is 140 Å². The molecule has 6 nitrogen and oxygen atoms in total. The molecule has 0 aliphatic carbocycles. The Balaban J connectivity index is 4.00. The molecule has 6 heteroatoms. The summed E-state index contributed by atoms with van der Waals surface area (Å²) in [6.07, 6.45) is 47.5. The molecule has 1 N–H and O–H groups in total. The third-order valence-electron chi connectivity index (χ3n) is 8.72. The molecule has 0 saturated heterocycles. The van der Waals surface area contributed by atoms with E-state index in [4.69, 9.17) is 14.2 Å². The lowest BCUT2D eigenvalue weighted by atomic mass is 10.1. The number of allylic oxidation sites excluding steroid dienone is 8. The molecule has 50 heavy (non-hydrogen) atoms. The number of carbonyl (C=O) groups excluding carboxylic acids is 1. The Morgan fingerprint density at radius 2 is 1.00 bits per heavy atom. The van der Waals surface area contributed by atoms with Crippen molar-refractivity contribution in [1.82, 2.24) is 10.2 Å². The molecule has 1 amide bonds. The predicted molar refractivity (Wildman–Crippen MR) is 217 cm³/mol. The number of ether oxygens (including phenoxy) is 3. The minimum absolute atomic E-state index is 0.222. The van der Waals surface area contributed by atoms with Gasteiger partial charge < -0.3 is 24.4 Å². The van der Waals surface area contributed by atoms with Gasteiger partial charge in [0, 0.05) is 26.3 Å². The smallest absolute Gasteiger partial charge is 0.407 e. The van der Waals surface area contributed by atoms with Crippen molar-refractivity contribution in [2.24, 2.45) is 0 Å². The topological polar surface area (TPSA) is 60.0 Å². The quantitative estimate of drug-likeness (QED) is 0.0513. The molecular weight excluding hydrogens is 620 g/mol. The molecule has 0 aliphatic rings. The van der Waals surface area contributed by atoms with E-state index in [2.05, 4.69) is 67.8 Å². The van der Waals surface area contributed by atoms with Crippen LogP contribution in [0.3, 0.4) is 0 Å². The summed E-state index contributed by atoms with van der Waals surface area (Å²) in [5.41, 5.74) is 0. The fraction of sp³-hybridized carbons (Fsp3) is 0.795. The van der Waals surface area contributed by atoms with E-state index in [0.717, 1.165) is 38.8 Å². The number of unbranched alkanes of at least 4 members (excludes halogenated alkanes) is 18. The summed E-state index contributed by atoms with van der Waals surface area (Å²) in [5.74, 6) is 0. The first-order valence-corrected chi connectivity index (χ1v) is 20.9. The lowest BCUT2D eigenvalue weighted by Crippen LogP contribution is -2.35. The van der Waals surface area contributed by atoms with E-state index in [1.165, 1.54) is 128 Å². The maximum absolute atomic E-state index is 12.1. The van der Waals surface area contributed by atoms with E-state index in [9.17, 15) is 4.79 Å². The SMILES string of the molecule is CCCCC/C=C\C/C=C\CCCCCCCCOCC(COC(=O)NCCN(C)C)OCCCCCCCC/C=C\C/C=C\CCCCC. The number of alkyl carbamates (subject to hydrolysis) is 1. The van der Waals surface area contributed by atoms with Crippen LogP contribution in [-0.4, -0.2) is 70.7 Å². The lowest BCUT2D eigenvalue weighted by Gasteiger charge is -2.19. The molecule has 1 atom stereocenters. The summed E-state index contributed by atoms with van der Waals surface area (Å²) in [5, 5.41) is 2.81. The van der Waals surface area contributed by atoms with E-state index in [1.807, 2.05) is 19.0 Å². The molecule has 0 aromatic rings. The number of carbonyl (C=O) groups is 1. The number of likely N-dealkylation sites (N-methyl/N-ethyl adjacent to an activating group) is 1. The van der Waals surface area contributed by atoms with Crippen LogP contribution >= 0.6 is 0 Å². The van der Waals surface area contributed by atoms with E-state index in [1.54, 1.807) is 0 Å². The average molecular weight is 703 g/mol. The van der Waals surface area contributed by atoms with Crippen molar-refractivity contribution in [2.75, 3.05) is 53.6 Å². The molecule has 1 unspecified atom stereocenters. The first kappa shape index (κ1) is 48.1. The fourth-order valence-electron chi connectivity index (χ4n) is 5.49. The summed E-state index contributed by atoms with van der Waals surface area (Å²) in [7, 11) is 3.97. The van der Waals surface area contributed by atoms with Crippen molar-refractivity contribution < 1.29 is 19.0 Å². The second-order valence-corrected chi connectivity index (χ2v) is 14.1. The van der Waals surface area contributed by atoms with Crippen LogP contribution in [0.1, 0.15) is 168 Å². The molecule has 0 aromatic heterocycles. The normalized spacial score (nSPS) is 12.8. The maximum atomic E-state index is 12.1. The van der Waals surface area contributed by atoms with Crippen LogP contribution < -0.4 is 5.32 Å². The van der Waals surface area contributed by atoms with Crippen LogP contribution in [0.2, 0.25) is 0 Å². The molecule has 0 rings (SSSR count). The summed E-state index contributed by atoms with van der Waals surface area (Å²) >= 11 is 0. The van der Waals surface area contributed by atoms with E-state index < -0.39 is 0 Å². The van der Waals surface area contributed by atoms with Gasteiger partial charge in [-0.25, -0.2) is 4.79 Å². The van der Waals surface area contributed by atoms with Gasteiger partial charge in [0.2, 0.25) is 0 Å². The van der Waals surface area contributed by atoms with Crippen molar-refractivity contribution in [2.45, 2.75) is 174 Å². The zero-order valence-electron chi connectivity index (χ0n) is 33.5. The molecule has 0 aromatic carbocycles. The van der Waals surface area contributed by atoms with Crippen LogP contribution in [0.25, 0.3) is 0 Å². The maximum Gasteiger partial charge on any atom is 0.407 e. The van der Waals surface area contributed by atoms with Gasteiger partial charge in [0.05, 0.1) is 6.61 Å². The molecule has 292 valence electrons. The van der Waals surface area contributed by atoms with Gasteiger partial charge in [-0.05, 0) is 91.1 Å². The summed E-state index contributed by atoms with van der Waals surface area (Å²) in [6.45, 7) is 7.95. The highest BCUT2D eigenvalue weighted by Gasteiger charge is 2.13. The fourth-order valence-corrected chi connectivity index (χ4v) is 5.49. The highest BCUT2D eigenvalue weighted by molar-refractivity contribution is 5.67. The number of nitrogens with one attached hydrogen (secondary N) is 1. The molecule has 0 fully saturated rings. The van der Waals surface area contributed by atoms with Crippen molar-refractivity contribution >= 4 is 6.09 Å². The van der Waals surface area contributed by atoms with Gasteiger partial charge in [-0.3, -0.25) is 0 Å². The van der Waals surface area contributed by atoms with Crippen molar-refractivity contribution in [3.8, 4) is 0 Å². The molecule has 0 aliphatic heterocycles. The van der Waals surface area contributed by atoms with Crippen LogP contribution in [0.15, 0.2) is 48.6 Å². The Kier molecular flexibility index (Phi) is 40.0. The van der Waals surface area contributed by atoms with Gasteiger partial charge in [0.1, 0.15) is 12.7 Å². The van der Waals surface area contributed by atoms with Crippen molar-refractivity contribution in [3.63, 3.8) is 0 Å². The van der Waals surface area contributed by atoms with Gasteiger partial charge in [-0.15, -0.1) is 0 Å². The first-order chi connectivity index (χ1) is 24.6. The standard InChI is InChI=1S/C44H82N2O4/c1-5-7-9-11-13-15-17-19-21-23-25-27-29-31-33-35-39-48-41-43(42-50-44(47)45-37-38-46(3)4)49-40-36-34-32-30-28-26-24-22-20-18-16-14-12-10-8-6-2/h13-16,19-22,43H,5-12,17-18,23-42H2,1-4H3,(H,45,47)/b15-13-,16-14-,21-19-,22-20-. The van der Waals surface area contributed by atoms with Gasteiger partial charge in [-0.2, -0.15) is 0 Å². The number of amides is 1. The van der Waals surface area contributed by atoms with Crippen LogP contribution in [0.5, 0.6) is 0 Å². The molecule has 0 bridgehead atoms. The Morgan fingerprint density at radius 1 is 0.560 bits per heavy atom. The van der Waals surface area contributed by atoms with E-state index in [-0.39, 0.29) is 18.8 Å². The zero-order chi connectivity index (χ0) is 36.4. The largest absolute Gasteiger partial charge is 0.447 e. The highest BCUT2D eigenvalue weighted by atomic mass is 16.6. The summed E-state index contributed by atoms with van der Waals surface area (Å²) in [4.78, 5) is 14.2. The molecule has 0 radical (unpaired) electrons. The second-order valence-electron chi connectivity index (χ2n) is 14.1. The molecule has 0 spiro atoms. The lowest BCUT2D eigenvalue weighted by molar-refractivity contribution is -0.0468. The number of rotatable bonds is 38. The Bertz CT molecular complexity index is 808. The Morgan fingerprint density at radius 3 is 1.48 bits per heavy atom. The minimum atomic E-state index is -0.390. The van der Waals surface area contributed by atoms with Crippen LogP contribution in [0, 0.1) is 0 Å². The third kappa shape index (κ3) is 40.5. The van der Waals surface area contributed by atoms with Gasteiger partial charge >= 0.3 is 6.09 Å². The van der Waals surface area contributed by atoms with Crippen LogP contribution in [-0.2, 0) is 14.2 Å². The van der Waals surface area contributed by atoms with E-state index >= 15 is 0 Å². The number of hydrogen-bond acceptors (Lipinski definition) is 5. The third-order valence-corrected chi connectivity index (χ3v) is 8.72. The minimum Gasteiger partial charge on any atom is -0.447 e. The predicted octanol–water partition coefficient (Wildman–Crippen LogP) is 12.3. The molecule has 0 heterocycles. The van der Waals surface area contributed by atoms with Crippen molar-refractivity contribution in [1.29, 1.82) is 0 Å². The van der Waals surface area contributed by atoms with Gasteiger partial charge in [0.25, 0.3) is 0 Å².